The van der Waals surface area contributed by atoms with Gasteiger partial charge in [-0.25, -0.2) is 9.59 Å². The monoisotopic (exact) mass is 298 g/mol. The molecule has 22 heavy (non-hydrogen) atoms. The number of rotatable bonds is 3. The highest BCUT2D eigenvalue weighted by Gasteiger charge is 2.05. The molecule has 0 aromatic heterocycles. The van der Waals surface area contributed by atoms with E-state index in [1.54, 1.807) is 36.4 Å². The fraction of sp³-hybridized carbons (Fsp3) is 0.125. The van der Waals surface area contributed by atoms with Crippen molar-refractivity contribution in [1.29, 1.82) is 0 Å². The number of hydrogen-bond donors (Lipinski definition) is 0. The molecule has 2 rings (SSSR count). The average Bonchev–Trinajstić information content (AvgIpc) is 2.54. The second-order valence-corrected chi connectivity index (χ2v) is 4.42. The molecule has 0 N–H and O–H groups in total. The maximum Gasteiger partial charge on any atom is 0.458 e. The number of ether oxygens (including phenoxy) is 2. The summed E-state index contributed by atoms with van der Waals surface area (Å²) >= 11 is 0. The molecule has 0 bridgehead atoms. The van der Waals surface area contributed by atoms with Gasteiger partial charge in [0.15, 0.2) is 0 Å². The van der Waals surface area contributed by atoms with E-state index in [4.69, 9.17) is 9.47 Å². The number of carbonyl (C=O) groups excluding carboxylic acids is 2. The molecule has 0 spiro atoms. The first-order chi connectivity index (χ1) is 10.6. The zero-order valence-corrected chi connectivity index (χ0v) is 11.9. The molecule has 0 aliphatic carbocycles. The molecule has 0 aliphatic heterocycles. The van der Waals surface area contributed by atoms with Crippen LogP contribution < -0.4 is 4.74 Å². The molecule has 0 heterocycles. The van der Waals surface area contributed by atoms with E-state index in [-0.39, 0.29) is 6.61 Å². The SMILES string of the molecule is Cc1ccc(OC(=O)/N=N/C(=O)OCc2ccccc2)cc1. The standard InChI is InChI=1S/C16H14N2O4/c1-12-7-9-14(10-8-12)22-16(20)18-17-15(19)21-11-13-5-3-2-4-6-13/h2-10H,11H2,1H3/b18-17+. The molecule has 6 heteroatoms. The van der Waals surface area contributed by atoms with E-state index in [1.807, 2.05) is 25.1 Å². The zero-order valence-electron chi connectivity index (χ0n) is 11.9. The van der Waals surface area contributed by atoms with Crippen LogP contribution in [-0.2, 0) is 11.3 Å². The fourth-order valence-corrected chi connectivity index (χ4v) is 1.56. The van der Waals surface area contributed by atoms with Crippen LogP contribution in [0.1, 0.15) is 11.1 Å². The maximum absolute atomic E-state index is 11.4. The highest BCUT2D eigenvalue weighted by atomic mass is 16.6. The van der Waals surface area contributed by atoms with Crippen molar-refractivity contribution >= 4 is 12.2 Å². The molecule has 2 aromatic rings. The summed E-state index contributed by atoms with van der Waals surface area (Å²) in [5, 5.41) is 6.29. The number of carbonyl (C=O) groups is 2. The first-order valence-electron chi connectivity index (χ1n) is 6.54. The minimum Gasteiger partial charge on any atom is -0.442 e. The summed E-state index contributed by atoms with van der Waals surface area (Å²) in [5.74, 6) is 0.326. The lowest BCUT2D eigenvalue weighted by Gasteiger charge is -2.01. The average molecular weight is 298 g/mol. The molecule has 0 fully saturated rings. The summed E-state index contributed by atoms with van der Waals surface area (Å²) in [4.78, 5) is 22.7. The highest BCUT2D eigenvalue weighted by molar-refractivity contribution is 5.74. The van der Waals surface area contributed by atoms with Crippen molar-refractivity contribution in [3.05, 3.63) is 65.7 Å². The molecule has 0 saturated carbocycles. The molecule has 0 radical (unpaired) electrons. The van der Waals surface area contributed by atoms with Gasteiger partial charge < -0.3 is 9.47 Å². The summed E-state index contributed by atoms with van der Waals surface area (Å²) in [6.07, 6.45) is -1.94. The van der Waals surface area contributed by atoms with E-state index in [0.29, 0.717) is 5.75 Å². The maximum atomic E-state index is 11.4. The van der Waals surface area contributed by atoms with Crippen molar-refractivity contribution in [3.63, 3.8) is 0 Å². The lowest BCUT2D eigenvalue weighted by molar-refractivity contribution is 0.148. The van der Waals surface area contributed by atoms with Crippen LogP contribution in [0.5, 0.6) is 5.75 Å². The van der Waals surface area contributed by atoms with Crippen molar-refractivity contribution in [2.24, 2.45) is 10.2 Å². The summed E-state index contributed by atoms with van der Waals surface area (Å²) in [6.45, 7) is 1.97. The quantitative estimate of drug-likeness (QED) is 0.792. The molecular formula is C16H14N2O4. The highest BCUT2D eigenvalue weighted by Crippen LogP contribution is 2.12. The van der Waals surface area contributed by atoms with Crippen LogP contribution in [0.25, 0.3) is 0 Å². The lowest BCUT2D eigenvalue weighted by atomic mass is 10.2. The Balaban J connectivity index is 1.79. The van der Waals surface area contributed by atoms with E-state index in [1.165, 1.54) is 0 Å². The van der Waals surface area contributed by atoms with Gasteiger partial charge in [0.2, 0.25) is 0 Å². The number of azo groups is 1. The molecular weight excluding hydrogens is 284 g/mol. The predicted molar refractivity (Wildman–Crippen MR) is 78.7 cm³/mol. The van der Waals surface area contributed by atoms with Gasteiger partial charge in [-0.05, 0) is 24.6 Å². The van der Waals surface area contributed by atoms with Gasteiger partial charge in [-0.1, -0.05) is 58.3 Å². The Kier molecular flexibility index (Phi) is 5.37. The van der Waals surface area contributed by atoms with Crippen molar-refractivity contribution < 1.29 is 19.1 Å². The Morgan fingerprint density at radius 1 is 0.909 bits per heavy atom. The van der Waals surface area contributed by atoms with Gasteiger partial charge >= 0.3 is 12.2 Å². The molecule has 6 nitrogen and oxygen atoms in total. The topological polar surface area (TPSA) is 77.3 Å². The van der Waals surface area contributed by atoms with E-state index < -0.39 is 12.2 Å². The molecule has 0 aliphatic rings. The van der Waals surface area contributed by atoms with Crippen LogP contribution in [0.4, 0.5) is 9.59 Å². The summed E-state index contributed by atoms with van der Waals surface area (Å²) in [5.41, 5.74) is 1.85. The van der Waals surface area contributed by atoms with Crippen molar-refractivity contribution in [2.75, 3.05) is 0 Å². The van der Waals surface area contributed by atoms with Crippen molar-refractivity contribution in [2.45, 2.75) is 13.5 Å². The fourth-order valence-electron chi connectivity index (χ4n) is 1.56. The second kappa shape index (κ2) is 7.68. The smallest absolute Gasteiger partial charge is 0.442 e. The van der Waals surface area contributed by atoms with Crippen LogP contribution in [0.2, 0.25) is 0 Å². The molecule has 0 unspecified atom stereocenters. The van der Waals surface area contributed by atoms with Crippen LogP contribution >= 0.6 is 0 Å². The summed E-state index contributed by atoms with van der Waals surface area (Å²) < 4.78 is 9.71. The lowest BCUT2D eigenvalue weighted by Crippen LogP contribution is -2.04. The van der Waals surface area contributed by atoms with Crippen molar-refractivity contribution in [3.8, 4) is 5.75 Å². The largest absolute Gasteiger partial charge is 0.458 e. The van der Waals surface area contributed by atoms with Gasteiger partial charge in [-0.15, -0.1) is 0 Å². The van der Waals surface area contributed by atoms with Gasteiger partial charge in [0.05, 0.1) is 0 Å². The Morgan fingerprint density at radius 3 is 2.23 bits per heavy atom. The van der Waals surface area contributed by atoms with Crippen LogP contribution in [0.3, 0.4) is 0 Å². The van der Waals surface area contributed by atoms with Gasteiger partial charge in [-0.2, -0.15) is 0 Å². The van der Waals surface area contributed by atoms with Gasteiger partial charge in [0.1, 0.15) is 12.4 Å². The first kappa shape index (κ1) is 15.4. The predicted octanol–water partition coefficient (Wildman–Crippen LogP) is 4.28. The number of amides is 2. The molecule has 0 atom stereocenters. The number of benzene rings is 2. The third-order valence-corrected chi connectivity index (χ3v) is 2.64. The minimum atomic E-state index is -0.986. The molecule has 112 valence electrons. The van der Waals surface area contributed by atoms with Gasteiger partial charge in [0, 0.05) is 0 Å². The minimum absolute atomic E-state index is 0.0612. The summed E-state index contributed by atoms with van der Waals surface area (Å²) in [6, 6.07) is 15.9. The Hall–Kier alpha value is -3.02. The van der Waals surface area contributed by atoms with Crippen LogP contribution in [0, 0.1) is 6.92 Å². The Morgan fingerprint density at radius 2 is 1.55 bits per heavy atom. The van der Waals surface area contributed by atoms with E-state index >= 15 is 0 Å². The van der Waals surface area contributed by atoms with Crippen molar-refractivity contribution in [1.82, 2.24) is 0 Å². The van der Waals surface area contributed by atoms with Crippen LogP contribution in [0.15, 0.2) is 64.8 Å². The number of aryl methyl sites for hydroxylation is 1. The Bertz CT molecular complexity index is 666. The summed E-state index contributed by atoms with van der Waals surface area (Å²) in [7, 11) is 0. The molecule has 0 saturated heterocycles. The number of hydrogen-bond acceptors (Lipinski definition) is 4. The van der Waals surface area contributed by atoms with Crippen LogP contribution in [-0.4, -0.2) is 12.2 Å². The molecule has 2 aromatic carbocycles. The molecule has 2 amide bonds. The number of nitrogens with zero attached hydrogens (tertiary/aromatic N) is 2. The third-order valence-electron chi connectivity index (χ3n) is 2.64. The van der Waals surface area contributed by atoms with Gasteiger partial charge in [0.25, 0.3) is 0 Å². The van der Waals surface area contributed by atoms with E-state index in [2.05, 4.69) is 10.2 Å². The van der Waals surface area contributed by atoms with E-state index in [0.717, 1.165) is 11.1 Å². The normalized spacial score (nSPS) is 10.4. The third kappa shape index (κ3) is 5.16. The van der Waals surface area contributed by atoms with Gasteiger partial charge in [-0.3, -0.25) is 0 Å². The second-order valence-electron chi connectivity index (χ2n) is 4.42. The first-order valence-corrected chi connectivity index (χ1v) is 6.54. The van der Waals surface area contributed by atoms with E-state index in [9.17, 15) is 9.59 Å². The zero-order chi connectivity index (χ0) is 15.8. The Labute approximate surface area is 127 Å².